The van der Waals surface area contributed by atoms with Crippen LogP contribution in [0.5, 0.6) is 5.75 Å². The van der Waals surface area contributed by atoms with E-state index in [1.807, 2.05) is 0 Å². The highest BCUT2D eigenvalue weighted by Gasteiger charge is 2.33. The summed E-state index contributed by atoms with van der Waals surface area (Å²) in [5.41, 5.74) is -5.16. The van der Waals surface area contributed by atoms with Gasteiger partial charge in [-0.3, -0.25) is 4.79 Å². The van der Waals surface area contributed by atoms with Crippen molar-refractivity contribution in [3.8, 4) is 11.8 Å². The number of hydrogen-bond acceptors (Lipinski definition) is 5. The second-order valence-corrected chi connectivity index (χ2v) is 4.66. The van der Waals surface area contributed by atoms with Crippen LogP contribution in [0.4, 0.5) is 13.2 Å². The summed E-state index contributed by atoms with van der Waals surface area (Å²) < 4.78 is 42.2. The van der Waals surface area contributed by atoms with Crippen molar-refractivity contribution in [2.45, 2.75) is 23.7 Å². The highest BCUT2D eigenvalue weighted by atomic mass is 32.2. The molecule has 0 atom stereocenters. The lowest BCUT2D eigenvalue weighted by Gasteiger charge is -2.13. The second kappa shape index (κ2) is 6.52. The van der Waals surface area contributed by atoms with E-state index in [4.69, 9.17) is 5.26 Å². The van der Waals surface area contributed by atoms with Crippen molar-refractivity contribution in [1.29, 1.82) is 5.26 Å². The molecule has 8 heteroatoms. The Kier molecular flexibility index (Phi) is 5.27. The maximum absolute atomic E-state index is 12.5. The fourth-order valence-corrected chi connectivity index (χ4v) is 2.22. The van der Waals surface area contributed by atoms with E-state index in [0.29, 0.717) is 0 Å². The molecule has 0 spiro atoms. The average molecular weight is 305 g/mol. The zero-order chi connectivity index (χ0) is 15.3. The van der Waals surface area contributed by atoms with Gasteiger partial charge < -0.3 is 9.84 Å². The zero-order valence-corrected chi connectivity index (χ0v) is 11.1. The van der Waals surface area contributed by atoms with Gasteiger partial charge in [0.2, 0.25) is 0 Å². The molecule has 1 aromatic carbocycles. The van der Waals surface area contributed by atoms with E-state index < -0.39 is 45.9 Å². The highest BCUT2D eigenvalue weighted by Crippen LogP contribution is 2.42. The second-order valence-electron chi connectivity index (χ2n) is 3.59. The Bertz CT molecular complexity index is 552. The van der Waals surface area contributed by atoms with Crippen LogP contribution < -0.4 is 0 Å². The van der Waals surface area contributed by atoms with Gasteiger partial charge in [-0.05, 0) is 30.3 Å². The Balaban J connectivity index is 3.23. The van der Waals surface area contributed by atoms with Crippen molar-refractivity contribution >= 4 is 17.7 Å². The Hall–Kier alpha value is -1.88. The minimum Gasteiger partial charge on any atom is -0.507 e. The third kappa shape index (κ3) is 4.35. The summed E-state index contributed by atoms with van der Waals surface area (Å²) in [5.74, 6) is -1.27. The van der Waals surface area contributed by atoms with Gasteiger partial charge in [-0.25, -0.2) is 0 Å². The molecule has 108 valence electrons. The lowest BCUT2D eigenvalue weighted by atomic mass is 10.1. The van der Waals surface area contributed by atoms with Gasteiger partial charge in [0.15, 0.2) is 0 Å². The van der Waals surface area contributed by atoms with E-state index in [1.165, 1.54) is 12.1 Å². The number of phenols is 1. The number of esters is 1. The number of rotatable bonds is 4. The summed E-state index contributed by atoms with van der Waals surface area (Å²) in [6.07, 6.45) is -0.402. The third-order valence-electron chi connectivity index (χ3n) is 2.19. The molecule has 0 aliphatic carbocycles. The van der Waals surface area contributed by atoms with Crippen LogP contribution in [0.3, 0.4) is 0 Å². The summed E-state index contributed by atoms with van der Waals surface area (Å²) in [5, 5.41) is 18.3. The summed E-state index contributed by atoms with van der Waals surface area (Å²) in [7, 11) is 0. The molecule has 0 bridgehead atoms. The van der Waals surface area contributed by atoms with Gasteiger partial charge in [-0.1, -0.05) is 6.07 Å². The van der Waals surface area contributed by atoms with Gasteiger partial charge in [0.1, 0.15) is 17.4 Å². The largest absolute Gasteiger partial charge is 0.507 e. The predicted octanol–water partition coefficient (Wildman–Crippen LogP) is 2.98. The van der Waals surface area contributed by atoms with Crippen molar-refractivity contribution in [3.05, 3.63) is 23.3 Å². The molecule has 0 radical (unpaired) electrons. The molecule has 20 heavy (non-hydrogen) atoms. The lowest BCUT2D eigenvalue weighted by Crippen LogP contribution is -2.10. The first kappa shape index (κ1) is 16.2. The van der Waals surface area contributed by atoms with Crippen molar-refractivity contribution in [1.82, 2.24) is 0 Å². The number of benzene rings is 1. The molecule has 4 nitrogen and oxygen atoms in total. The normalized spacial score (nSPS) is 10.9. The van der Waals surface area contributed by atoms with Gasteiger partial charge >= 0.3 is 11.5 Å². The topological polar surface area (TPSA) is 70.3 Å². The van der Waals surface area contributed by atoms with E-state index in [2.05, 4.69) is 4.74 Å². The number of nitrogens with zero attached hydrogens (tertiary/aromatic N) is 1. The number of carbonyl (C=O) groups is 1. The minimum absolute atomic E-state index is 0.0138. The summed E-state index contributed by atoms with van der Waals surface area (Å²) in [6.45, 7) is 1.67. The van der Waals surface area contributed by atoms with E-state index >= 15 is 0 Å². The van der Waals surface area contributed by atoms with Gasteiger partial charge in [0, 0.05) is 4.90 Å². The summed E-state index contributed by atoms with van der Waals surface area (Å²) in [6, 6.07) is 3.75. The van der Waals surface area contributed by atoms with Gasteiger partial charge in [-0.15, -0.1) is 0 Å². The van der Waals surface area contributed by atoms with E-state index in [1.54, 1.807) is 6.92 Å². The number of aromatic hydroxyl groups is 1. The highest BCUT2D eigenvalue weighted by molar-refractivity contribution is 8.00. The van der Waals surface area contributed by atoms with Crippen LogP contribution in [0.15, 0.2) is 17.0 Å². The van der Waals surface area contributed by atoms with Crippen molar-refractivity contribution in [2.75, 3.05) is 6.61 Å². The first-order valence-corrected chi connectivity index (χ1v) is 6.26. The smallest absolute Gasteiger partial charge is 0.446 e. The molecule has 0 saturated heterocycles. The zero-order valence-electron chi connectivity index (χ0n) is 10.3. The van der Waals surface area contributed by atoms with E-state index in [-0.39, 0.29) is 12.2 Å². The number of ether oxygens (including phenoxy) is 1. The SMILES string of the molecule is CCOC(=O)Cc1ccc(O)c(C#N)c1SC(F)(F)F. The summed E-state index contributed by atoms with van der Waals surface area (Å²) in [4.78, 5) is 10.9. The summed E-state index contributed by atoms with van der Waals surface area (Å²) >= 11 is -0.537. The number of halogens is 3. The number of thioether (sulfide) groups is 1. The number of alkyl halides is 3. The number of hydrogen-bond donors (Lipinski definition) is 1. The Labute approximate surface area is 117 Å². The van der Waals surface area contributed by atoms with Crippen molar-refractivity contribution in [3.63, 3.8) is 0 Å². The van der Waals surface area contributed by atoms with Crippen LogP contribution in [-0.4, -0.2) is 23.2 Å². The van der Waals surface area contributed by atoms with Gasteiger partial charge in [0.05, 0.1) is 13.0 Å². The minimum atomic E-state index is -4.64. The molecular weight excluding hydrogens is 295 g/mol. The van der Waals surface area contributed by atoms with Gasteiger partial charge in [-0.2, -0.15) is 18.4 Å². The van der Waals surface area contributed by atoms with E-state index in [9.17, 15) is 23.1 Å². The first-order chi connectivity index (χ1) is 9.28. The standard InChI is InChI=1S/C12H10F3NO3S/c1-2-19-10(18)5-7-3-4-9(17)8(6-16)11(7)20-12(13,14)15/h3-4,17H,2,5H2,1H3. The molecule has 0 unspecified atom stereocenters. The van der Waals surface area contributed by atoms with Crippen LogP contribution in [0.1, 0.15) is 18.1 Å². The van der Waals surface area contributed by atoms with Gasteiger partial charge in [0.25, 0.3) is 0 Å². The van der Waals surface area contributed by atoms with Crippen LogP contribution >= 0.6 is 11.8 Å². The van der Waals surface area contributed by atoms with Crippen LogP contribution in [0.25, 0.3) is 0 Å². The molecule has 0 heterocycles. The maximum atomic E-state index is 12.5. The molecule has 0 amide bonds. The predicted molar refractivity (Wildman–Crippen MR) is 65.1 cm³/mol. The molecule has 0 aliphatic heterocycles. The van der Waals surface area contributed by atoms with Crippen LogP contribution in [0.2, 0.25) is 0 Å². The van der Waals surface area contributed by atoms with Crippen molar-refractivity contribution in [2.24, 2.45) is 0 Å². The molecule has 1 N–H and O–H groups in total. The fraction of sp³-hybridized carbons (Fsp3) is 0.333. The monoisotopic (exact) mass is 305 g/mol. The molecule has 0 aromatic heterocycles. The lowest BCUT2D eigenvalue weighted by molar-refractivity contribution is -0.142. The number of phenolic OH excluding ortho intramolecular Hbond substituents is 1. The quantitative estimate of drug-likeness (QED) is 0.684. The fourth-order valence-electron chi connectivity index (χ4n) is 1.46. The Morgan fingerprint density at radius 3 is 2.65 bits per heavy atom. The van der Waals surface area contributed by atoms with Crippen LogP contribution in [-0.2, 0) is 16.0 Å². The molecule has 0 fully saturated rings. The Morgan fingerprint density at radius 1 is 1.50 bits per heavy atom. The third-order valence-corrected chi connectivity index (χ3v) is 3.09. The van der Waals surface area contributed by atoms with E-state index in [0.717, 1.165) is 6.07 Å². The molecule has 1 rings (SSSR count). The number of nitriles is 1. The molecular formula is C12H10F3NO3S. The molecule has 1 aromatic rings. The first-order valence-electron chi connectivity index (χ1n) is 5.44. The maximum Gasteiger partial charge on any atom is 0.446 e. The average Bonchev–Trinajstić information content (AvgIpc) is 2.31. The van der Waals surface area contributed by atoms with Crippen LogP contribution in [0, 0.1) is 11.3 Å². The Morgan fingerprint density at radius 2 is 2.15 bits per heavy atom. The molecule has 0 aliphatic rings. The number of carbonyl (C=O) groups excluding carboxylic acids is 1. The van der Waals surface area contributed by atoms with Crippen molar-refractivity contribution < 1.29 is 27.8 Å². The molecule has 0 saturated carbocycles.